The summed E-state index contributed by atoms with van der Waals surface area (Å²) < 4.78 is 11.4. The van der Waals surface area contributed by atoms with E-state index in [0.29, 0.717) is 47.7 Å². The largest absolute Gasteiger partial charge is 0.465 e. The molecular weight excluding hydrogens is 382 g/mol. The summed E-state index contributed by atoms with van der Waals surface area (Å²) in [6.07, 6.45) is 0.632. The van der Waals surface area contributed by atoms with Gasteiger partial charge in [-0.05, 0) is 38.5 Å². The zero-order valence-corrected chi connectivity index (χ0v) is 17.3. The minimum Gasteiger partial charge on any atom is -0.465 e. The number of nitrogens with zero attached hydrogens (tertiary/aromatic N) is 2. The lowest BCUT2D eigenvalue weighted by Crippen LogP contribution is -2.32. The van der Waals surface area contributed by atoms with E-state index in [1.54, 1.807) is 30.7 Å². The van der Waals surface area contributed by atoms with Crippen LogP contribution in [0.3, 0.4) is 0 Å². The number of fused-ring (bicyclic) bond motifs is 1. The molecule has 1 aromatic carbocycles. The van der Waals surface area contributed by atoms with Crippen LogP contribution in [0.15, 0.2) is 28.2 Å². The second-order valence-corrected chi connectivity index (χ2v) is 7.38. The molecule has 0 fully saturated rings. The highest BCUT2D eigenvalue weighted by Crippen LogP contribution is 2.23. The number of methoxy groups -OCH3 is 2. The van der Waals surface area contributed by atoms with Crippen molar-refractivity contribution < 1.29 is 19.1 Å². The van der Waals surface area contributed by atoms with Gasteiger partial charge in [0.15, 0.2) is 5.16 Å². The zero-order valence-electron chi connectivity index (χ0n) is 16.5. The number of carbonyl (C=O) groups is 2. The number of thioether (sulfide) groups is 1. The van der Waals surface area contributed by atoms with Crippen LogP contribution in [0.4, 0.5) is 0 Å². The molecule has 2 rings (SSSR count). The van der Waals surface area contributed by atoms with Gasteiger partial charge >= 0.3 is 5.97 Å². The van der Waals surface area contributed by atoms with Gasteiger partial charge in [-0.1, -0.05) is 11.8 Å². The highest BCUT2D eigenvalue weighted by Gasteiger charge is 2.19. The van der Waals surface area contributed by atoms with Crippen molar-refractivity contribution >= 4 is 34.5 Å². The first-order valence-electron chi connectivity index (χ1n) is 8.99. The summed E-state index contributed by atoms with van der Waals surface area (Å²) in [7, 11) is 2.89. The average molecular weight is 407 g/mol. The fourth-order valence-electron chi connectivity index (χ4n) is 2.63. The summed E-state index contributed by atoms with van der Waals surface area (Å²) in [5.41, 5.74) is 0.483. The molecule has 0 bridgehead atoms. The van der Waals surface area contributed by atoms with Gasteiger partial charge in [-0.3, -0.25) is 14.2 Å². The summed E-state index contributed by atoms with van der Waals surface area (Å²) in [6, 6.07) is 4.65. The van der Waals surface area contributed by atoms with E-state index in [9.17, 15) is 14.4 Å². The van der Waals surface area contributed by atoms with Gasteiger partial charge in [-0.15, -0.1) is 0 Å². The van der Waals surface area contributed by atoms with Gasteiger partial charge in [0, 0.05) is 26.8 Å². The first-order chi connectivity index (χ1) is 13.4. The molecule has 8 nitrogen and oxygen atoms in total. The fraction of sp³-hybridized carbons (Fsp3) is 0.474. The molecular formula is C19H25N3O5S. The van der Waals surface area contributed by atoms with Crippen LogP contribution in [0, 0.1) is 0 Å². The quantitative estimate of drug-likeness (QED) is 0.293. The third-order valence-corrected chi connectivity index (χ3v) is 5.16. The molecule has 1 N–H and O–H groups in total. The lowest BCUT2D eigenvalue weighted by molar-refractivity contribution is -0.120. The van der Waals surface area contributed by atoms with E-state index >= 15 is 0 Å². The predicted octanol–water partition coefficient (Wildman–Crippen LogP) is 1.84. The van der Waals surface area contributed by atoms with Gasteiger partial charge in [0.05, 0.1) is 28.8 Å². The Labute approximate surface area is 167 Å². The third kappa shape index (κ3) is 5.11. The predicted molar refractivity (Wildman–Crippen MR) is 108 cm³/mol. The minimum absolute atomic E-state index is 0.131. The van der Waals surface area contributed by atoms with Crippen LogP contribution >= 0.6 is 11.8 Å². The molecule has 1 aromatic heterocycles. The molecule has 1 heterocycles. The zero-order chi connectivity index (χ0) is 20.7. The van der Waals surface area contributed by atoms with Crippen LogP contribution in [0.2, 0.25) is 0 Å². The number of aromatic nitrogens is 2. The number of benzene rings is 1. The summed E-state index contributed by atoms with van der Waals surface area (Å²) in [6.45, 7) is 5.05. The van der Waals surface area contributed by atoms with Crippen molar-refractivity contribution in [2.24, 2.45) is 0 Å². The second-order valence-electron chi connectivity index (χ2n) is 6.08. The highest BCUT2D eigenvalue weighted by molar-refractivity contribution is 8.00. The van der Waals surface area contributed by atoms with Gasteiger partial charge in [-0.25, -0.2) is 9.78 Å². The number of rotatable bonds is 9. The molecule has 9 heteroatoms. The van der Waals surface area contributed by atoms with Crippen LogP contribution in [-0.4, -0.2) is 54.0 Å². The standard InChI is InChI=1S/C19H25N3O5S/c1-5-20-16(23)12(2)28-19-21-15-11-13(18(25)27-4)7-8-14(15)17(24)22(19)9-6-10-26-3/h7-8,11-12H,5-6,9-10H2,1-4H3,(H,20,23)/t12-/m1/s1. The number of hydrogen-bond acceptors (Lipinski definition) is 7. The minimum atomic E-state index is -0.502. The van der Waals surface area contributed by atoms with E-state index in [0.717, 1.165) is 0 Å². The van der Waals surface area contributed by atoms with Crippen molar-refractivity contribution in [1.29, 1.82) is 0 Å². The second kappa shape index (κ2) is 10.2. The molecule has 0 aliphatic carbocycles. The first-order valence-corrected chi connectivity index (χ1v) is 9.87. The topological polar surface area (TPSA) is 99.5 Å². The SMILES string of the molecule is CCNC(=O)[C@@H](C)Sc1nc2cc(C(=O)OC)ccc2c(=O)n1CCCOC. The fourth-order valence-corrected chi connectivity index (χ4v) is 3.59. The Morgan fingerprint density at radius 1 is 1.32 bits per heavy atom. The van der Waals surface area contributed by atoms with E-state index in [2.05, 4.69) is 10.3 Å². The molecule has 0 aliphatic heterocycles. The molecule has 1 atom stereocenters. The Balaban J connectivity index is 2.51. The van der Waals surface area contributed by atoms with Crippen LogP contribution in [0.25, 0.3) is 10.9 Å². The van der Waals surface area contributed by atoms with E-state index in [-0.39, 0.29) is 11.5 Å². The van der Waals surface area contributed by atoms with Crippen LogP contribution in [-0.2, 0) is 20.8 Å². The summed E-state index contributed by atoms with van der Waals surface area (Å²) in [4.78, 5) is 41.5. The number of ether oxygens (including phenoxy) is 2. The van der Waals surface area contributed by atoms with Crippen molar-refractivity contribution in [1.82, 2.24) is 14.9 Å². The number of esters is 1. The Bertz CT molecular complexity index is 912. The molecule has 2 aromatic rings. The van der Waals surface area contributed by atoms with Crippen molar-refractivity contribution in [3.05, 3.63) is 34.1 Å². The normalized spacial score (nSPS) is 12.0. The Morgan fingerprint density at radius 3 is 2.71 bits per heavy atom. The van der Waals surface area contributed by atoms with Crippen molar-refractivity contribution in [3.8, 4) is 0 Å². The van der Waals surface area contributed by atoms with Crippen LogP contribution in [0.1, 0.15) is 30.6 Å². The smallest absolute Gasteiger partial charge is 0.337 e. The lowest BCUT2D eigenvalue weighted by Gasteiger charge is -2.16. The number of amides is 1. The van der Waals surface area contributed by atoms with Crippen LogP contribution in [0.5, 0.6) is 0 Å². The maximum absolute atomic E-state index is 13.0. The van der Waals surface area contributed by atoms with E-state index in [1.807, 2.05) is 6.92 Å². The number of nitrogens with one attached hydrogen (secondary N) is 1. The van der Waals surface area contributed by atoms with E-state index in [1.165, 1.54) is 24.9 Å². The Morgan fingerprint density at radius 2 is 2.07 bits per heavy atom. The molecule has 0 radical (unpaired) electrons. The maximum atomic E-state index is 13.0. The molecule has 0 saturated carbocycles. The molecule has 0 aliphatic rings. The van der Waals surface area contributed by atoms with Crippen LogP contribution < -0.4 is 10.9 Å². The Hall–Kier alpha value is -2.39. The van der Waals surface area contributed by atoms with Gasteiger partial charge in [0.1, 0.15) is 0 Å². The van der Waals surface area contributed by atoms with Gasteiger partial charge in [0.2, 0.25) is 5.91 Å². The van der Waals surface area contributed by atoms with Gasteiger partial charge in [-0.2, -0.15) is 0 Å². The summed E-state index contributed by atoms with van der Waals surface area (Å²) in [5.74, 6) is -0.633. The van der Waals surface area contributed by atoms with Crippen molar-refractivity contribution in [3.63, 3.8) is 0 Å². The monoisotopic (exact) mass is 407 g/mol. The molecule has 152 valence electrons. The van der Waals surface area contributed by atoms with E-state index < -0.39 is 11.2 Å². The number of hydrogen-bond donors (Lipinski definition) is 1. The van der Waals surface area contributed by atoms with Gasteiger partial charge in [0.25, 0.3) is 5.56 Å². The van der Waals surface area contributed by atoms with E-state index in [4.69, 9.17) is 9.47 Å². The van der Waals surface area contributed by atoms with Crippen molar-refractivity contribution in [2.45, 2.75) is 37.2 Å². The number of carbonyl (C=O) groups excluding carboxylic acids is 2. The highest BCUT2D eigenvalue weighted by atomic mass is 32.2. The first kappa shape index (κ1) is 21.9. The molecule has 28 heavy (non-hydrogen) atoms. The lowest BCUT2D eigenvalue weighted by atomic mass is 10.1. The van der Waals surface area contributed by atoms with Crippen molar-refractivity contribution in [2.75, 3.05) is 27.4 Å². The summed E-state index contributed by atoms with van der Waals surface area (Å²) in [5, 5.41) is 3.16. The molecule has 0 unspecified atom stereocenters. The summed E-state index contributed by atoms with van der Waals surface area (Å²) >= 11 is 1.21. The maximum Gasteiger partial charge on any atom is 0.337 e. The van der Waals surface area contributed by atoms with Gasteiger partial charge < -0.3 is 14.8 Å². The average Bonchev–Trinajstić information content (AvgIpc) is 2.69. The third-order valence-electron chi connectivity index (χ3n) is 4.07. The molecule has 0 saturated heterocycles. The Kier molecular flexibility index (Phi) is 8.01. The molecule has 1 amide bonds. The molecule has 0 spiro atoms.